The highest BCUT2D eigenvalue weighted by molar-refractivity contribution is 5.87. The summed E-state index contributed by atoms with van der Waals surface area (Å²) < 4.78 is 0. The van der Waals surface area contributed by atoms with Gasteiger partial charge >= 0.3 is 0 Å². The first-order chi connectivity index (χ1) is 8.38. The molecule has 2 N–H and O–H groups in total. The van der Waals surface area contributed by atoms with Crippen LogP contribution in [0.5, 0.6) is 0 Å². The van der Waals surface area contributed by atoms with E-state index in [1.807, 2.05) is 27.7 Å². The van der Waals surface area contributed by atoms with E-state index in [9.17, 15) is 9.59 Å². The number of rotatable bonds is 7. The smallest absolute Gasteiger partial charge is 0.242 e. The molecule has 2 unspecified atom stereocenters. The summed E-state index contributed by atoms with van der Waals surface area (Å²) in [5.74, 6) is -0.0689. The van der Waals surface area contributed by atoms with Gasteiger partial charge in [-0.2, -0.15) is 0 Å². The predicted octanol–water partition coefficient (Wildman–Crippen LogP) is 0.687. The number of amides is 2. The third-order valence-corrected chi connectivity index (χ3v) is 3.41. The van der Waals surface area contributed by atoms with Crippen molar-refractivity contribution in [2.45, 2.75) is 40.2 Å². The number of carbonyl (C=O) groups excluding carboxylic acids is 2. The number of hydrogen-bond donors (Lipinski definition) is 1. The van der Waals surface area contributed by atoms with Crippen LogP contribution < -0.4 is 5.73 Å². The lowest BCUT2D eigenvalue weighted by Gasteiger charge is -2.26. The first kappa shape index (κ1) is 16.9. The molecule has 18 heavy (non-hydrogen) atoms. The lowest BCUT2D eigenvalue weighted by Crippen LogP contribution is -2.49. The van der Waals surface area contributed by atoms with E-state index in [-0.39, 0.29) is 24.3 Å². The Bertz CT molecular complexity index is 277. The Hall–Kier alpha value is -1.10. The van der Waals surface area contributed by atoms with Gasteiger partial charge in [-0.1, -0.05) is 20.3 Å². The standard InChI is InChI=1S/C13H27N3O2/c1-6-10(4)12(14)13(18)15(5)9-11(17)16(7-2)8-3/h10,12H,6-9,14H2,1-5H3. The zero-order valence-corrected chi connectivity index (χ0v) is 12.3. The van der Waals surface area contributed by atoms with Crippen LogP contribution >= 0.6 is 0 Å². The summed E-state index contributed by atoms with van der Waals surface area (Å²) in [7, 11) is 1.63. The zero-order valence-electron chi connectivity index (χ0n) is 12.3. The number of carbonyl (C=O) groups is 2. The van der Waals surface area contributed by atoms with Gasteiger partial charge in [0.25, 0.3) is 0 Å². The Morgan fingerprint density at radius 3 is 2.06 bits per heavy atom. The molecule has 0 heterocycles. The molecule has 0 aliphatic carbocycles. The van der Waals surface area contributed by atoms with E-state index in [2.05, 4.69) is 0 Å². The second-order valence-electron chi connectivity index (χ2n) is 4.67. The van der Waals surface area contributed by atoms with Gasteiger partial charge in [-0.25, -0.2) is 0 Å². The summed E-state index contributed by atoms with van der Waals surface area (Å²) in [6, 6.07) is -0.524. The summed E-state index contributed by atoms with van der Waals surface area (Å²) in [6.45, 7) is 9.22. The number of nitrogens with two attached hydrogens (primary N) is 1. The van der Waals surface area contributed by atoms with Crippen molar-refractivity contribution in [3.8, 4) is 0 Å². The van der Waals surface area contributed by atoms with E-state index >= 15 is 0 Å². The molecular formula is C13H27N3O2. The predicted molar refractivity (Wildman–Crippen MR) is 73.0 cm³/mol. The van der Waals surface area contributed by atoms with Crippen molar-refractivity contribution < 1.29 is 9.59 Å². The van der Waals surface area contributed by atoms with Crippen LogP contribution in [0.15, 0.2) is 0 Å². The van der Waals surface area contributed by atoms with E-state index in [1.54, 1.807) is 11.9 Å². The van der Waals surface area contributed by atoms with Gasteiger partial charge in [0.15, 0.2) is 0 Å². The average Bonchev–Trinajstić information content (AvgIpc) is 2.37. The van der Waals surface area contributed by atoms with Gasteiger partial charge in [0.1, 0.15) is 0 Å². The van der Waals surface area contributed by atoms with Crippen molar-refractivity contribution in [1.82, 2.24) is 9.80 Å². The van der Waals surface area contributed by atoms with Gasteiger partial charge in [0.05, 0.1) is 12.6 Å². The highest BCUT2D eigenvalue weighted by Crippen LogP contribution is 2.07. The Labute approximate surface area is 110 Å². The monoisotopic (exact) mass is 257 g/mol. The van der Waals surface area contributed by atoms with Crippen LogP contribution in [0.1, 0.15) is 34.1 Å². The van der Waals surface area contributed by atoms with E-state index in [0.717, 1.165) is 6.42 Å². The van der Waals surface area contributed by atoms with Crippen molar-refractivity contribution in [3.63, 3.8) is 0 Å². The molecule has 2 amide bonds. The maximum atomic E-state index is 12.0. The van der Waals surface area contributed by atoms with Crippen LogP contribution in [0.25, 0.3) is 0 Å². The van der Waals surface area contributed by atoms with Crippen LogP contribution in [0.3, 0.4) is 0 Å². The number of likely N-dealkylation sites (N-methyl/N-ethyl adjacent to an activating group) is 2. The van der Waals surface area contributed by atoms with Crippen molar-refractivity contribution in [2.24, 2.45) is 11.7 Å². The topological polar surface area (TPSA) is 66.6 Å². The van der Waals surface area contributed by atoms with Gasteiger partial charge in [0, 0.05) is 20.1 Å². The summed E-state index contributed by atoms with van der Waals surface area (Å²) in [6.07, 6.45) is 0.852. The molecule has 0 bridgehead atoms. The van der Waals surface area contributed by atoms with E-state index < -0.39 is 6.04 Å². The van der Waals surface area contributed by atoms with Crippen molar-refractivity contribution >= 4 is 11.8 Å². The first-order valence-corrected chi connectivity index (χ1v) is 6.67. The van der Waals surface area contributed by atoms with Gasteiger partial charge in [-0.3, -0.25) is 9.59 Å². The zero-order chi connectivity index (χ0) is 14.3. The van der Waals surface area contributed by atoms with Crippen LogP contribution in [0.2, 0.25) is 0 Å². The lowest BCUT2D eigenvalue weighted by atomic mass is 9.99. The van der Waals surface area contributed by atoms with Gasteiger partial charge in [-0.05, 0) is 19.8 Å². The summed E-state index contributed by atoms with van der Waals surface area (Å²) >= 11 is 0. The molecule has 0 aromatic carbocycles. The minimum atomic E-state index is -0.524. The largest absolute Gasteiger partial charge is 0.342 e. The average molecular weight is 257 g/mol. The normalized spacial score (nSPS) is 13.9. The third-order valence-electron chi connectivity index (χ3n) is 3.41. The molecule has 5 nitrogen and oxygen atoms in total. The quantitative estimate of drug-likeness (QED) is 0.729. The molecule has 0 fully saturated rings. The van der Waals surface area contributed by atoms with Crippen molar-refractivity contribution in [2.75, 3.05) is 26.7 Å². The third kappa shape index (κ3) is 4.64. The molecule has 0 saturated carbocycles. The second-order valence-corrected chi connectivity index (χ2v) is 4.67. The van der Waals surface area contributed by atoms with E-state index in [0.29, 0.717) is 13.1 Å². The maximum Gasteiger partial charge on any atom is 0.242 e. The highest BCUT2D eigenvalue weighted by atomic mass is 16.2. The summed E-state index contributed by atoms with van der Waals surface area (Å²) in [4.78, 5) is 27.0. The molecule has 0 radical (unpaired) electrons. The molecule has 106 valence electrons. The van der Waals surface area contributed by atoms with Crippen LogP contribution in [0.4, 0.5) is 0 Å². The molecule has 0 spiro atoms. The molecule has 0 aliphatic heterocycles. The minimum absolute atomic E-state index is 0.0350. The molecule has 0 aliphatic rings. The summed E-state index contributed by atoms with van der Waals surface area (Å²) in [5.41, 5.74) is 5.87. The van der Waals surface area contributed by atoms with E-state index in [1.165, 1.54) is 4.90 Å². The maximum absolute atomic E-state index is 12.0. The Kier molecular flexibility index (Phi) is 7.59. The van der Waals surface area contributed by atoms with Crippen molar-refractivity contribution in [1.29, 1.82) is 0 Å². The van der Waals surface area contributed by atoms with Gasteiger partial charge < -0.3 is 15.5 Å². The van der Waals surface area contributed by atoms with Crippen LogP contribution in [-0.2, 0) is 9.59 Å². The second kappa shape index (κ2) is 8.08. The Balaban J connectivity index is 4.44. The minimum Gasteiger partial charge on any atom is -0.342 e. The summed E-state index contributed by atoms with van der Waals surface area (Å²) in [5, 5.41) is 0. The van der Waals surface area contributed by atoms with Gasteiger partial charge in [-0.15, -0.1) is 0 Å². The fourth-order valence-electron chi connectivity index (χ4n) is 1.71. The molecule has 5 heteroatoms. The SMILES string of the molecule is CCC(C)C(N)C(=O)N(C)CC(=O)N(CC)CC. The molecule has 0 aromatic rings. The number of hydrogen-bond acceptors (Lipinski definition) is 3. The fourth-order valence-corrected chi connectivity index (χ4v) is 1.71. The van der Waals surface area contributed by atoms with Crippen molar-refractivity contribution in [3.05, 3.63) is 0 Å². The van der Waals surface area contributed by atoms with Gasteiger partial charge in [0.2, 0.25) is 11.8 Å². The first-order valence-electron chi connectivity index (χ1n) is 6.67. The molecular weight excluding hydrogens is 230 g/mol. The number of nitrogens with zero attached hydrogens (tertiary/aromatic N) is 2. The Morgan fingerprint density at radius 2 is 1.67 bits per heavy atom. The van der Waals surface area contributed by atoms with E-state index in [4.69, 9.17) is 5.73 Å². The molecule has 0 aromatic heterocycles. The highest BCUT2D eigenvalue weighted by Gasteiger charge is 2.24. The molecule has 0 saturated heterocycles. The Morgan fingerprint density at radius 1 is 1.17 bits per heavy atom. The van der Waals surface area contributed by atoms with Crippen LogP contribution in [-0.4, -0.2) is 54.3 Å². The molecule has 0 rings (SSSR count). The van der Waals surface area contributed by atoms with Crippen LogP contribution in [0, 0.1) is 5.92 Å². The lowest BCUT2D eigenvalue weighted by molar-refractivity contribution is -0.140. The fraction of sp³-hybridized carbons (Fsp3) is 0.846. The molecule has 2 atom stereocenters.